The van der Waals surface area contributed by atoms with E-state index in [0.29, 0.717) is 13.0 Å². The smallest absolute Gasteiger partial charge is 0.390 e. The van der Waals surface area contributed by atoms with E-state index in [2.05, 4.69) is 16.2 Å². The van der Waals surface area contributed by atoms with Crippen LogP contribution in [0, 0.1) is 22.5 Å². The van der Waals surface area contributed by atoms with Crippen LogP contribution in [-0.2, 0) is 6.54 Å². The van der Waals surface area contributed by atoms with E-state index < -0.39 is 11.2 Å². The first-order chi connectivity index (χ1) is 7.65. The molecular weight excluding hydrogens is 212 g/mol. The van der Waals surface area contributed by atoms with Gasteiger partial charge in [-0.05, 0) is 4.92 Å². The number of hydrogen-bond donors (Lipinski definition) is 2. The summed E-state index contributed by atoms with van der Waals surface area (Å²) >= 11 is 0. The third-order valence-electron chi connectivity index (χ3n) is 1.88. The number of rotatable bonds is 6. The van der Waals surface area contributed by atoms with Gasteiger partial charge in [-0.15, -0.1) is 12.3 Å². The van der Waals surface area contributed by atoms with Crippen LogP contribution in [0.3, 0.4) is 0 Å². The molecule has 86 valence electrons. The Labute approximate surface area is 92.3 Å². The highest BCUT2D eigenvalue weighted by molar-refractivity contribution is 5.06. The number of nitro groups is 1. The minimum absolute atomic E-state index is 0.0564. The van der Waals surface area contributed by atoms with E-state index in [1.807, 2.05) is 0 Å². The number of nitrogens with one attached hydrogen (secondary N) is 1. The van der Waals surface area contributed by atoms with Gasteiger partial charge in [0, 0.05) is 13.0 Å². The molecule has 0 radical (unpaired) electrons. The molecule has 2 N–H and O–H groups in total. The first kappa shape index (κ1) is 12.2. The predicted octanol–water partition coefficient (Wildman–Crippen LogP) is -0.277. The Morgan fingerprint density at radius 2 is 2.56 bits per heavy atom. The van der Waals surface area contributed by atoms with Crippen LogP contribution >= 0.6 is 0 Å². The average Bonchev–Trinajstić information content (AvgIpc) is 2.66. The van der Waals surface area contributed by atoms with E-state index >= 15 is 0 Å². The van der Waals surface area contributed by atoms with E-state index in [-0.39, 0.29) is 12.5 Å². The van der Waals surface area contributed by atoms with Crippen molar-refractivity contribution in [2.24, 2.45) is 0 Å². The molecule has 1 aromatic heterocycles. The molecule has 1 atom stereocenters. The topological polar surface area (TPSA) is 93.2 Å². The molecule has 0 spiro atoms. The Hall–Kier alpha value is -1.91. The molecule has 0 aromatic carbocycles. The first-order valence-electron chi connectivity index (χ1n) is 4.65. The van der Waals surface area contributed by atoms with Gasteiger partial charge in [0.25, 0.3) is 0 Å². The fourth-order valence-electron chi connectivity index (χ4n) is 1.18. The second-order valence-electron chi connectivity index (χ2n) is 3.06. The highest BCUT2D eigenvalue weighted by atomic mass is 16.6. The van der Waals surface area contributed by atoms with Crippen LogP contribution in [-0.4, -0.2) is 32.4 Å². The Bertz CT molecular complexity index is 396. The van der Waals surface area contributed by atoms with Gasteiger partial charge in [0.2, 0.25) is 0 Å². The summed E-state index contributed by atoms with van der Waals surface area (Å²) in [5.74, 6) is 2.12. The van der Waals surface area contributed by atoms with Crippen LogP contribution in [0.4, 0.5) is 5.95 Å². The quantitative estimate of drug-likeness (QED) is 0.228. The third-order valence-corrected chi connectivity index (χ3v) is 1.88. The fourth-order valence-corrected chi connectivity index (χ4v) is 1.18. The van der Waals surface area contributed by atoms with Crippen LogP contribution in [0.25, 0.3) is 0 Å². The lowest BCUT2D eigenvalue weighted by Gasteiger charge is -2.10. The van der Waals surface area contributed by atoms with Crippen molar-refractivity contribution in [2.75, 3.05) is 6.54 Å². The van der Waals surface area contributed by atoms with E-state index in [9.17, 15) is 15.2 Å². The second-order valence-corrected chi connectivity index (χ2v) is 3.06. The van der Waals surface area contributed by atoms with E-state index in [1.54, 1.807) is 0 Å². The lowest BCUT2D eigenvalue weighted by atomic mass is 10.4. The van der Waals surface area contributed by atoms with Crippen LogP contribution in [0.15, 0.2) is 12.4 Å². The number of aromatic nitrogens is 2. The molecule has 7 heteroatoms. The zero-order chi connectivity index (χ0) is 12.0. The van der Waals surface area contributed by atoms with Gasteiger partial charge >= 0.3 is 5.95 Å². The lowest BCUT2D eigenvalue weighted by Crippen LogP contribution is -2.33. The molecule has 0 aliphatic carbocycles. The largest absolute Gasteiger partial charge is 0.434 e. The molecule has 0 aliphatic heterocycles. The van der Waals surface area contributed by atoms with Crippen LogP contribution in [0.1, 0.15) is 6.42 Å². The third kappa shape index (κ3) is 3.34. The normalized spacial score (nSPS) is 12.0. The second kappa shape index (κ2) is 5.85. The van der Waals surface area contributed by atoms with Gasteiger partial charge in [0.1, 0.15) is 25.2 Å². The van der Waals surface area contributed by atoms with Crippen molar-refractivity contribution in [2.45, 2.75) is 19.2 Å². The van der Waals surface area contributed by atoms with Gasteiger partial charge in [-0.1, -0.05) is 4.98 Å². The first-order valence-corrected chi connectivity index (χ1v) is 4.65. The Morgan fingerprint density at radius 3 is 3.19 bits per heavy atom. The molecule has 0 saturated carbocycles. The summed E-state index contributed by atoms with van der Waals surface area (Å²) in [6, 6.07) is 0. The van der Waals surface area contributed by atoms with Gasteiger partial charge < -0.3 is 15.2 Å². The minimum atomic E-state index is -0.888. The van der Waals surface area contributed by atoms with Crippen molar-refractivity contribution >= 4 is 5.95 Å². The Morgan fingerprint density at radius 1 is 1.81 bits per heavy atom. The summed E-state index contributed by atoms with van der Waals surface area (Å²) in [6.07, 6.45) is 7.39. The Balaban J connectivity index is 2.50. The summed E-state index contributed by atoms with van der Waals surface area (Å²) in [5, 5.41) is 22.8. The minimum Gasteiger partial charge on any atom is -0.390 e. The molecule has 0 aliphatic rings. The Kier molecular flexibility index (Phi) is 4.44. The van der Waals surface area contributed by atoms with Crippen molar-refractivity contribution in [3.8, 4) is 12.3 Å². The maximum atomic E-state index is 10.5. The van der Waals surface area contributed by atoms with Crippen LogP contribution in [0.5, 0.6) is 0 Å². The van der Waals surface area contributed by atoms with E-state index in [1.165, 1.54) is 17.0 Å². The van der Waals surface area contributed by atoms with Gasteiger partial charge in [-0.25, -0.2) is 4.57 Å². The zero-order valence-corrected chi connectivity index (χ0v) is 8.54. The van der Waals surface area contributed by atoms with Crippen LogP contribution < -0.4 is 5.32 Å². The molecule has 1 aromatic rings. The number of imidazole rings is 1. The summed E-state index contributed by atoms with van der Waals surface area (Å²) in [6.45, 7) is 0.515. The van der Waals surface area contributed by atoms with Crippen LogP contribution in [0.2, 0.25) is 0 Å². The maximum absolute atomic E-state index is 10.5. The van der Waals surface area contributed by atoms with Crippen molar-refractivity contribution in [3.05, 3.63) is 22.5 Å². The molecule has 1 heterocycles. The van der Waals surface area contributed by atoms with Crippen molar-refractivity contribution in [3.63, 3.8) is 0 Å². The molecule has 0 bridgehead atoms. The van der Waals surface area contributed by atoms with Crippen molar-refractivity contribution < 1.29 is 10.0 Å². The number of aliphatic hydroxyl groups is 1. The molecule has 0 amide bonds. The standard InChI is InChI=1S/C9H12N4O3/c1-2-3-4-10-8(14)7-12-6-5-11-9(12)13(15)16/h1,5-6,8,10,14H,3-4,7H2. The molecule has 16 heavy (non-hydrogen) atoms. The lowest BCUT2D eigenvalue weighted by molar-refractivity contribution is -0.397. The SMILES string of the molecule is C#CCCNC(O)Cn1ccnc1[N+](=O)[O-]. The fraction of sp³-hybridized carbons (Fsp3) is 0.444. The molecule has 1 rings (SSSR count). The summed E-state index contributed by atoms with van der Waals surface area (Å²) < 4.78 is 1.26. The maximum Gasteiger partial charge on any atom is 0.434 e. The summed E-state index contributed by atoms with van der Waals surface area (Å²) in [7, 11) is 0. The number of hydrogen-bond acceptors (Lipinski definition) is 5. The van der Waals surface area contributed by atoms with E-state index in [4.69, 9.17) is 6.42 Å². The molecule has 0 fully saturated rings. The highest BCUT2D eigenvalue weighted by Crippen LogP contribution is 2.07. The van der Waals surface area contributed by atoms with E-state index in [0.717, 1.165) is 0 Å². The van der Waals surface area contributed by atoms with Crippen molar-refractivity contribution in [1.29, 1.82) is 0 Å². The summed E-state index contributed by atoms with van der Waals surface area (Å²) in [5.41, 5.74) is 0. The average molecular weight is 224 g/mol. The molecule has 1 unspecified atom stereocenters. The number of terminal acetylenes is 1. The monoisotopic (exact) mass is 224 g/mol. The molecule has 7 nitrogen and oxygen atoms in total. The van der Waals surface area contributed by atoms with Crippen molar-refractivity contribution in [1.82, 2.24) is 14.9 Å². The number of aliphatic hydroxyl groups excluding tert-OH is 1. The predicted molar refractivity (Wildman–Crippen MR) is 56.3 cm³/mol. The summed E-state index contributed by atoms with van der Waals surface area (Å²) in [4.78, 5) is 13.5. The zero-order valence-electron chi connectivity index (χ0n) is 8.54. The number of nitrogens with zero attached hydrogens (tertiary/aromatic N) is 3. The molecular formula is C9H12N4O3. The van der Waals surface area contributed by atoms with Gasteiger partial charge in [-0.2, -0.15) is 0 Å². The molecule has 0 saturated heterocycles. The highest BCUT2D eigenvalue weighted by Gasteiger charge is 2.16. The van der Waals surface area contributed by atoms with Gasteiger partial charge in [0.15, 0.2) is 0 Å². The van der Waals surface area contributed by atoms with Gasteiger partial charge in [-0.3, -0.25) is 5.32 Å². The van der Waals surface area contributed by atoms with Gasteiger partial charge in [0.05, 0.1) is 0 Å².